The summed E-state index contributed by atoms with van der Waals surface area (Å²) in [7, 11) is 0. The van der Waals surface area contributed by atoms with Crippen LogP contribution >= 0.6 is 12.2 Å². The van der Waals surface area contributed by atoms with Gasteiger partial charge in [-0.15, -0.1) is 0 Å². The van der Waals surface area contributed by atoms with Crippen molar-refractivity contribution >= 4 is 23.1 Å². The molecule has 1 aromatic rings. The largest absolute Gasteiger partial charge is 0.392 e. The van der Waals surface area contributed by atoms with Crippen molar-refractivity contribution in [2.45, 2.75) is 26.8 Å². The van der Waals surface area contributed by atoms with E-state index >= 15 is 0 Å². The van der Waals surface area contributed by atoms with Gasteiger partial charge in [0.25, 0.3) is 5.91 Å². The van der Waals surface area contributed by atoms with E-state index in [1.165, 1.54) is 0 Å². The molecule has 0 saturated heterocycles. The van der Waals surface area contributed by atoms with Gasteiger partial charge in [-0.25, -0.2) is 0 Å². The standard InChI is InChI=1S/C12H16N2OS/c1-7-4-5-10(8(2)6-7)12(15)14-9(3)11(13)16/h4-6,9H,1-3H3,(H2,13,16)(H,14,15). The second-order valence-electron chi connectivity index (χ2n) is 3.92. The molecule has 1 unspecified atom stereocenters. The quantitative estimate of drug-likeness (QED) is 0.786. The Labute approximate surface area is 101 Å². The number of thiocarbonyl (C=S) groups is 1. The average Bonchev–Trinajstić information content (AvgIpc) is 2.16. The summed E-state index contributed by atoms with van der Waals surface area (Å²) in [5, 5.41) is 2.75. The minimum absolute atomic E-state index is 0.141. The van der Waals surface area contributed by atoms with Crippen molar-refractivity contribution in [2.24, 2.45) is 5.73 Å². The van der Waals surface area contributed by atoms with Crippen LogP contribution < -0.4 is 11.1 Å². The summed E-state index contributed by atoms with van der Waals surface area (Å²) in [4.78, 5) is 12.2. The van der Waals surface area contributed by atoms with Crippen LogP contribution in [0.15, 0.2) is 18.2 Å². The first-order valence-electron chi connectivity index (χ1n) is 5.09. The zero-order valence-electron chi connectivity index (χ0n) is 9.70. The lowest BCUT2D eigenvalue weighted by molar-refractivity contribution is 0.0948. The molecule has 1 atom stereocenters. The van der Waals surface area contributed by atoms with Gasteiger partial charge in [-0.2, -0.15) is 0 Å². The number of nitrogens with one attached hydrogen (secondary N) is 1. The third-order valence-electron chi connectivity index (χ3n) is 2.40. The Kier molecular flexibility index (Phi) is 4.01. The average molecular weight is 236 g/mol. The van der Waals surface area contributed by atoms with Crippen molar-refractivity contribution in [3.05, 3.63) is 34.9 Å². The van der Waals surface area contributed by atoms with E-state index in [1.807, 2.05) is 32.0 Å². The third kappa shape index (κ3) is 3.03. The number of hydrogen-bond donors (Lipinski definition) is 2. The summed E-state index contributed by atoms with van der Waals surface area (Å²) >= 11 is 4.80. The molecular formula is C12H16N2OS. The van der Waals surface area contributed by atoms with Crippen molar-refractivity contribution in [1.29, 1.82) is 0 Å². The highest BCUT2D eigenvalue weighted by molar-refractivity contribution is 7.80. The lowest BCUT2D eigenvalue weighted by Gasteiger charge is -2.13. The Morgan fingerprint density at radius 1 is 1.44 bits per heavy atom. The van der Waals surface area contributed by atoms with Crippen molar-refractivity contribution in [1.82, 2.24) is 5.32 Å². The van der Waals surface area contributed by atoms with Gasteiger partial charge in [0.15, 0.2) is 0 Å². The minimum atomic E-state index is -0.289. The molecule has 4 heteroatoms. The van der Waals surface area contributed by atoms with Crippen LogP contribution in [0.4, 0.5) is 0 Å². The molecular weight excluding hydrogens is 220 g/mol. The van der Waals surface area contributed by atoms with E-state index in [0.717, 1.165) is 11.1 Å². The van der Waals surface area contributed by atoms with Gasteiger partial charge in [-0.05, 0) is 32.4 Å². The van der Waals surface area contributed by atoms with Gasteiger partial charge < -0.3 is 11.1 Å². The second kappa shape index (κ2) is 5.07. The molecule has 0 radical (unpaired) electrons. The Morgan fingerprint density at radius 2 is 2.06 bits per heavy atom. The van der Waals surface area contributed by atoms with E-state index in [9.17, 15) is 4.79 Å². The van der Waals surface area contributed by atoms with Crippen LogP contribution in [0.5, 0.6) is 0 Å². The van der Waals surface area contributed by atoms with Crippen LogP contribution in [-0.2, 0) is 0 Å². The molecule has 0 bridgehead atoms. The third-order valence-corrected chi connectivity index (χ3v) is 2.75. The highest BCUT2D eigenvalue weighted by atomic mass is 32.1. The van der Waals surface area contributed by atoms with Gasteiger partial charge in [-0.1, -0.05) is 29.9 Å². The number of benzene rings is 1. The fraction of sp³-hybridized carbons (Fsp3) is 0.333. The van der Waals surface area contributed by atoms with Crippen LogP contribution in [0.25, 0.3) is 0 Å². The van der Waals surface area contributed by atoms with E-state index in [2.05, 4.69) is 5.32 Å². The first-order valence-corrected chi connectivity index (χ1v) is 5.50. The molecule has 0 saturated carbocycles. The molecule has 16 heavy (non-hydrogen) atoms. The van der Waals surface area contributed by atoms with Crippen molar-refractivity contribution in [3.8, 4) is 0 Å². The van der Waals surface area contributed by atoms with E-state index < -0.39 is 0 Å². The Bertz CT molecular complexity index is 429. The zero-order valence-corrected chi connectivity index (χ0v) is 10.5. The van der Waals surface area contributed by atoms with Gasteiger partial charge in [0, 0.05) is 5.56 Å². The molecule has 3 N–H and O–H groups in total. The molecule has 1 amide bonds. The number of carbonyl (C=O) groups is 1. The fourth-order valence-electron chi connectivity index (χ4n) is 1.41. The minimum Gasteiger partial charge on any atom is -0.392 e. The molecule has 0 fully saturated rings. The van der Waals surface area contributed by atoms with Crippen LogP contribution in [0.2, 0.25) is 0 Å². The summed E-state index contributed by atoms with van der Waals surface area (Å²) < 4.78 is 0. The highest BCUT2D eigenvalue weighted by Gasteiger charge is 2.13. The molecule has 0 aliphatic heterocycles. The Morgan fingerprint density at radius 3 is 2.56 bits per heavy atom. The van der Waals surface area contributed by atoms with E-state index in [-0.39, 0.29) is 16.9 Å². The molecule has 86 valence electrons. The maximum Gasteiger partial charge on any atom is 0.252 e. The summed E-state index contributed by atoms with van der Waals surface area (Å²) in [5.74, 6) is -0.141. The molecule has 1 rings (SSSR count). The molecule has 0 aromatic heterocycles. The lowest BCUT2D eigenvalue weighted by atomic mass is 10.0. The first-order chi connectivity index (χ1) is 7.41. The predicted octanol–water partition coefficient (Wildman–Crippen LogP) is 1.71. The summed E-state index contributed by atoms with van der Waals surface area (Å²) in [5.41, 5.74) is 8.19. The number of carbonyl (C=O) groups excluding carboxylic acids is 1. The van der Waals surface area contributed by atoms with Crippen LogP contribution in [-0.4, -0.2) is 16.9 Å². The molecule has 0 heterocycles. The number of hydrogen-bond acceptors (Lipinski definition) is 2. The SMILES string of the molecule is Cc1ccc(C(=O)NC(C)C(N)=S)c(C)c1. The second-order valence-corrected chi connectivity index (χ2v) is 4.39. The molecule has 3 nitrogen and oxygen atoms in total. The van der Waals surface area contributed by atoms with E-state index in [4.69, 9.17) is 18.0 Å². The molecule has 0 aliphatic rings. The van der Waals surface area contributed by atoms with Crippen molar-refractivity contribution < 1.29 is 4.79 Å². The van der Waals surface area contributed by atoms with Gasteiger partial charge in [0.1, 0.15) is 0 Å². The molecule has 0 spiro atoms. The van der Waals surface area contributed by atoms with Crippen LogP contribution in [0.3, 0.4) is 0 Å². The molecule has 1 aromatic carbocycles. The fourth-order valence-corrected chi connectivity index (χ4v) is 1.47. The number of nitrogens with two attached hydrogens (primary N) is 1. The number of aryl methyl sites for hydroxylation is 2. The maximum absolute atomic E-state index is 11.9. The van der Waals surface area contributed by atoms with Crippen LogP contribution in [0, 0.1) is 13.8 Å². The summed E-state index contributed by atoms with van der Waals surface area (Å²) in [6.07, 6.45) is 0. The summed E-state index contributed by atoms with van der Waals surface area (Å²) in [6, 6.07) is 5.41. The maximum atomic E-state index is 11.9. The normalized spacial score (nSPS) is 11.9. The predicted molar refractivity (Wildman–Crippen MR) is 69.6 cm³/mol. The van der Waals surface area contributed by atoms with E-state index in [1.54, 1.807) is 6.92 Å². The van der Waals surface area contributed by atoms with Gasteiger partial charge in [0.2, 0.25) is 0 Å². The van der Waals surface area contributed by atoms with Gasteiger partial charge >= 0.3 is 0 Å². The number of rotatable bonds is 3. The van der Waals surface area contributed by atoms with Gasteiger partial charge in [0.05, 0.1) is 11.0 Å². The first kappa shape index (κ1) is 12.6. The van der Waals surface area contributed by atoms with Crippen molar-refractivity contribution in [2.75, 3.05) is 0 Å². The lowest BCUT2D eigenvalue weighted by Crippen LogP contribution is -2.41. The smallest absolute Gasteiger partial charge is 0.252 e. The Balaban J connectivity index is 2.85. The zero-order chi connectivity index (χ0) is 12.3. The Hall–Kier alpha value is -1.42. The topological polar surface area (TPSA) is 55.1 Å². The molecule has 0 aliphatic carbocycles. The summed E-state index contributed by atoms with van der Waals surface area (Å²) in [6.45, 7) is 5.67. The van der Waals surface area contributed by atoms with Crippen LogP contribution in [0.1, 0.15) is 28.4 Å². The van der Waals surface area contributed by atoms with Crippen molar-refractivity contribution in [3.63, 3.8) is 0 Å². The highest BCUT2D eigenvalue weighted by Crippen LogP contribution is 2.10. The van der Waals surface area contributed by atoms with E-state index in [0.29, 0.717) is 5.56 Å². The number of amides is 1. The van der Waals surface area contributed by atoms with Gasteiger partial charge in [-0.3, -0.25) is 4.79 Å². The monoisotopic (exact) mass is 236 g/mol.